The first-order valence-electron chi connectivity index (χ1n) is 6.97. The number of ether oxygens (including phenoxy) is 1. The van der Waals surface area contributed by atoms with Crippen molar-refractivity contribution in [2.45, 2.75) is 18.9 Å². The molecule has 0 saturated carbocycles. The second-order valence-electron chi connectivity index (χ2n) is 5.05. The zero-order valence-electron chi connectivity index (χ0n) is 12.1. The van der Waals surface area contributed by atoms with E-state index in [-0.39, 0.29) is 30.3 Å². The maximum atomic E-state index is 12.1. The summed E-state index contributed by atoms with van der Waals surface area (Å²) in [6.45, 7) is 2.33. The summed E-state index contributed by atoms with van der Waals surface area (Å²) in [6.07, 6.45) is 1.67. The van der Waals surface area contributed by atoms with Gasteiger partial charge in [0.2, 0.25) is 5.91 Å². The van der Waals surface area contributed by atoms with Crippen molar-refractivity contribution in [3.63, 3.8) is 0 Å². The van der Waals surface area contributed by atoms with Gasteiger partial charge < -0.3 is 15.4 Å². The molecule has 1 atom stereocenters. The second-order valence-corrected chi connectivity index (χ2v) is 5.48. The molecule has 2 rings (SSSR count). The van der Waals surface area contributed by atoms with Gasteiger partial charge in [-0.25, -0.2) is 0 Å². The molecule has 21 heavy (non-hydrogen) atoms. The van der Waals surface area contributed by atoms with Crippen molar-refractivity contribution in [1.82, 2.24) is 10.6 Å². The van der Waals surface area contributed by atoms with Gasteiger partial charge in [0.05, 0.1) is 6.10 Å². The number of rotatable bonds is 5. The molecule has 1 unspecified atom stereocenters. The minimum atomic E-state index is -0.141. The van der Waals surface area contributed by atoms with Crippen molar-refractivity contribution < 1.29 is 9.53 Å². The fourth-order valence-electron chi connectivity index (χ4n) is 2.44. The quantitative estimate of drug-likeness (QED) is 0.871. The number of benzene rings is 1. The first-order chi connectivity index (χ1) is 9.70. The Bertz CT molecular complexity index is 434. The first kappa shape index (κ1) is 18.2. The lowest BCUT2D eigenvalue weighted by atomic mass is 9.97. The normalized spacial score (nSPS) is 16.9. The third kappa shape index (κ3) is 5.47. The molecule has 1 aromatic carbocycles. The molecule has 1 aromatic rings. The van der Waals surface area contributed by atoms with Crippen molar-refractivity contribution in [3.8, 4) is 0 Å². The van der Waals surface area contributed by atoms with Gasteiger partial charge in [0, 0.05) is 24.6 Å². The van der Waals surface area contributed by atoms with Crippen LogP contribution in [0.25, 0.3) is 0 Å². The average molecular weight is 333 g/mol. The van der Waals surface area contributed by atoms with Gasteiger partial charge in [-0.15, -0.1) is 12.4 Å². The molecule has 0 spiro atoms. The summed E-state index contributed by atoms with van der Waals surface area (Å²) < 4.78 is 5.44. The van der Waals surface area contributed by atoms with E-state index in [9.17, 15) is 4.79 Å². The van der Waals surface area contributed by atoms with Gasteiger partial charge >= 0.3 is 0 Å². The number of amides is 1. The van der Waals surface area contributed by atoms with Gasteiger partial charge in [-0.3, -0.25) is 4.79 Å². The van der Waals surface area contributed by atoms with E-state index in [1.54, 1.807) is 7.11 Å². The molecule has 1 heterocycles. The number of methoxy groups -OCH3 is 1. The highest BCUT2D eigenvalue weighted by Crippen LogP contribution is 2.19. The lowest BCUT2D eigenvalue weighted by molar-refractivity contribution is -0.126. The van der Waals surface area contributed by atoms with Crippen LogP contribution in [0.15, 0.2) is 24.3 Å². The number of nitrogens with one attached hydrogen (secondary N) is 2. The Morgan fingerprint density at radius 2 is 2.00 bits per heavy atom. The predicted molar refractivity (Wildman–Crippen MR) is 87.1 cm³/mol. The number of piperidine rings is 1. The molecule has 1 fully saturated rings. The molecule has 0 bridgehead atoms. The maximum absolute atomic E-state index is 12.1. The largest absolute Gasteiger partial charge is 0.375 e. The van der Waals surface area contributed by atoms with Crippen molar-refractivity contribution in [2.75, 3.05) is 26.7 Å². The summed E-state index contributed by atoms with van der Waals surface area (Å²) in [5.41, 5.74) is 1.02. The van der Waals surface area contributed by atoms with Crippen LogP contribution in [0.4, 0.5) is 0 Å². The number of carbonyl (C=O) groups excluding carboxylic acids is 1. The summed E-state index contributed by atoms with van der Waals surface area (Å²) in [5, 5.41) is 6.95. The van der Waals surface area contributed by atoms with E-state index in [1.165, 1.54) is 0 Å². The van der Waals surface area contributed by atoms with Crippen molar-refractivity contribution in [3.05, 3.63) is 34.9 Å². The monoisotopic (exact) mass is 332 g/mol. The molecular weight excluding hydrogens is 311 g/mol. The van der Waals surface area contributed by atoms with Crippen LogP contribution in [0.2, 0.25) is 5.02 Å². The summed E-state index contributed by atoms with van der Waals surface area (Å²) in [7, 11) is 1.65. The second kappa shape index (κ2) is 9.26. The third-order valence-corrected chi connectivity index (χ3v) is 3.95. The van der Waals surface area contributed by atoms with E-state index < -0.39 is 0 Å². The summed E-state index contributed by atoms with van der Waals surface area (Å²) >= 11 is 5.87. The highest BCUT2D eigenvalue weighted by atomic mass is 35.5. The Morgan fingerprint density at radius 3 is 2.57 bits per heavy atom. The lowest BCUT2D eigenvalue weighted by Crippen LogP contribution is -2.39. The molecule has 6 heteroatoms. The summed E-state index contributed by atoms with van der Waals surface area (Å²) in [6, 6.07) is 7.51. The Morgan fingerprint density at radius 1 is 1.38 bits per heavy atom. The minimum Gasteiger partial charge on any atom is -0.375 e. The molecule has 0 radical (unpaired) electrons. The standard InChI is InChI=1S/C15H21ClN2O2.ClH/c1-20-14(11-2-4-13(16)5-3-11)10-18-15(19)12-6-8-17-9-7-12;/h2-5,12,14,17H,6-10H2,1H3,(H,18,19);1H. The van der Waals surface area contributed by atoms with E-state index in [4.69, 9.17) is 16.3 Å². The van der Waals surface area contributed by atoms with Crippen molar-refractivity contribution in [2.24, 2.45) is 5.92 Å². The zero-order valence-corrected chi connectivity index (χ0v) is 13.7. The van der Waals surface area contributed by atoms with Crippen LogP contribution in [0.5, 0.6) is 0 Å². The number of hydrogen-bond acceptors (Lipinski definition) is 3. The molecule has 1 saturated heterocycles. The zero-order chi connectivity index (χ0) is 14.4. The number of halogens is 2. The summed E-state index contributed by atoms with van der Waals surface area (Å²) in [4.78, 5) is 12.1. The Hall–Kier alpha value is -0.810. The SMILES string of the molecule is COC(CNC(=O)C1CCNCC1)c1ccc(Cl)cc1.Cl. The van der Waals surface area contributed by atoms with Crippen LogP contribution >= 0.6 is 24.0 Å². The van der Waals surface area contributed by atoms with E-state index >= 15 is 0 Å². The molecule has 1 amide bonds. The lowest BCUT2D eigenvalue weighted by Gasteiger charge is -2.23. The van der Waals surface area contributed by atoms with Crippen molar-refractivity contribution >= 4 is 29.9 Å². The Labute approximate surface area is 137 Å². The molecule has 4 nitrogen and oxygen atoms in total. The Kier molecular flexibility index (Phi) is 8.04. The average Bonchev–Trinajstić information content (AvgIpc) is 2.50. The third-order valence-electron chi connectivity index (χ3n) is 3.70. The Balaban J connectivity index is 0.00000220. The molecule has 0 aromatic heterocycles. The van der Waals surface area contributed by atoms with Crippen LogP contribution in [-0.4, -0.2) is 32.7 Å². The van der Waals surface area contributed by atoms with Gasteiger partial charge in [0.25, 0.3) is 0 Å². The molecule has 2 N–H and O–H groups in total. The van der Waals surface area contributed by atoms with Crippen molar-refractivity contribution in [1.29, 1.82) is 0 Å². The molecule has 1 aliphatic rings. The topological polar surface area (TPSA) is 50.4 Å². The fraction of sp³-hybridized carbons (Fsp3) is 0.533. The molecule has 0 aliphatic carbocycles. The maximum Gasteiger partial charge on any atom is 0.223 e. The van der Waals surface area contributed by atoms with Crippen LogP contribution in [0.3, 0.4) is 0 Å². The predicted octanol–water partition coefficient (Wildman–Crippen LogP) is 2.57. The van der Waals surface area contributed by atoms with Gasteiger partial charge in [-0.1, -0.05) is 23.7 Å². The number of carbonyl (C=O) groups is 1. The van der Waals surface area contributed by atoms with Gasteiger partial charge in [-0.05, 0) is 43.6 Å². The molecular formula is C15H22Cl2N2O2. The highest BCUT2D eigenvalue weighted by Gasteiger charge is 2.21. The smallest absolute Gasteiger partial charge is 0.223 e. The van der Waals surface area contributed by atoms with E-state index in [0.29, 0.717) is 11.6 Å². The van der Waals surface area contributed by atoms with Crippen LogP contribution < -0.4 is 10.6 Å². The minimum absolute atomic E-state index is 0. The molecule has 1 aliphatic heterocycles. The fourth-order valence-corrected chi connectivity index (χ4v) is 2.56. The van der Waals surface area contributed by atoms with Crippen LogP contribution in [0.1, 0.15) is 24.5 Å². The van der Waals surface area contributed by atoms with E-state index in [0.717, 1.165) is 31.5 Å². The van der Waals surface area contributed by atoms with Crippen LogP contribution in [-0.2, 0) is 9.53 Å². The first-order valence-corrected chi connectivity index (χ1v) is 7.35. The van der Waals surface area contributed by atoms with Gasteiger partial charge in [0.1, 0.15) is 0 Å². The number of hydrogen-bond donors (Lipinski definition) is 2. The van der Waals surface area contributed by atoms with Gasteiger partial charge in [0.15, 0.2) is 0 Å². The highest BCUT2D eigenvalue weighted by molar-refractivity contribution is 6.30. The summed E-state index contributed by atoms with van der Waals surface area (Å²) in [5.74, 6) is 0.251. The van der Waals surface area contributed by atoms with E-state index in [2.05, 4.69) is 10.6 Å². The molecule has 118 valence electrons. The van der Waals surface area contributed by atoms with Crippen LogP contribution in [0, 0.1) is 5.92 Å². The van der Waals surface area contributed by atoms with E-state index in [1.807, 2.05) is 24.3 Å². The van der Waals surface area contributed by atoms with Gasteiger partial charge in [-0.2, -0.15) is 0 Å².